The van der Waals surface area contributed by atoms with Crippen LogP contribution in [0.1, 0.15) is 12.5 Å². The molecule has 0 aliphatic rings. The second kappa shape index (κ2) is 5.73. The molecule has 0 bridgehead atoms. The van der Waals surface area contributed by atoms with E-state index in [9.17, 15) is 14.0 Å². The minimum absolute atomic E-state index is 0.232. The van der Waals surface area contributed by atoms with Gasteiger partial charge in [0, 0.05) is 30.4 Å². The number of hydrogen-bond acceptors (Lipinski definition) is 3. The summed E-state index contributed by atoms with van der Waals surface area (Å²) in [6.07, 6.45) is 1.93. The number of esters is 1. The van der Waals surface area contributed by atoms with Crippen LogP contribution in [0.5, 0.6) is 0 Å². The topological polar surface area (TPSA) is 71.2 Å². The summed E-state index contributed by atoms with van der Waals surface area (Å²) in [5.74, 6) is -1.22. The van der Waals surface area contributed by atoms with E-state index in [0.717, 1.165) is 11.1 Å². The third kappa shape index (κ3) is 2.96. The van der Waals surface area contributed by atoms with E-state index in [2.05, 4.69) is 15.0 Å². The molecule has 1 aromatic heterocycles. The zero-order chi connectivity index (χ0) is 14.7. The Labute approximate surface area is 115 Å². The highest BCUT2D eigenvalue weighted by atomic mass is 19.1. The molecule has 1 amide bonds. The number of H-pyrrole nitrogens is 1. The Bertz CT molecular complexity index is 651. The second-order valence-corrected chi connectivity index (χ2v) is 4.48. The molecule has 0 radical (unpaired) electrons. The van der Waals surface area contributed by atoms with Gasteiger partial charge in [0.2, 0.25) is 5.91 Å². The van der Waals surface area contributed by atoms with Gasteiger partial charge in [-0.2, -0.15) is 0 Å². The maximum atomic E-state index is 13.3. The first-order valence-corrected chi connectivity index (χ1v) is 6.11. The number of fused-ring (bicyclic) bond motifs is 1. The van der Waals surface area contributed by atoms with Crippen molar-refractivity contribution in [1.82, 2.24) is 10.3 Å². The highest BCUT2D eigenvalue weighted by Crippen LogP contribution is 2.20. The summed E-state index contributed by atoms with van der Waals surface area (Å²) in [5.41, 5.74) is 1.51. The van der Waals surface area contributed by atoms with Crippen LogP contribution in [0.4, 0.5) is 4.39 Å². The van der Waals surface area contributed by atoms with Crippen molar-refractivity contribution in [2.75, 3.05) is 7.11 Å². The van der Waals surface area contributed by atoms with E-state index in [1.165, 1.54) is 26.2 Å². The Kier molecular flexibility index (Phi) is 4.02. The van der Waals surface area contributed by atoms with Crippen molar-refractivity contribution in [2.24, 2.45) is 0 Å². The van der Waals surface area contributed by atoms with Crippen LogP contribution in [0.15, 0.2) is 24.4 Å². The fourth-order valence-corrected chi connectivity index (χ4v) is 2.12. The van der Waals surface area contributed by atoms with Gasteiger partial charge in [-0.3, -0.25) is 4.79 Å². The number of ether oxygens (including phenoxy) is 1. The Morgan fingerprint density at radius 3 is 2.85 bits per heavy atom. The number of hydrogen-bond donors (Lipinski definition) is 2. The molecule has 1 atom stereocenters. The Morgan fingerprint density at radius 1 is 1.45 bits per heavy atom. The van der Waals surface area contributed by atoms with E-state index in [4.69, 9.17) is 0 Å². The van der Waals surface area contributed by atoms with Crippen molar-refractivity contribution in [1.29, 1.82) is 0 Å². The molecule has 5 nitrogen and oxygen atoms in total. The van der Waals surface area contributed by atoms with Crippen molar-refractivity contribution in [3.63, 3.8) is 0 Å². The molecule has 2 rings (SSSR count). The first kappa shape index (κ1) is 14.0. The van der Waals surface area contributed by atoms with Gasteiger partial charge in [0.25, 0.3) is 0 Å². The molecule has 2 N–H and O–H groups in total. The van der Waals surface area contributed by atoms with E-state index >= 15 is 0 Å². The normalized spacial score (nSPS) is 12.2. The number of rotatable bonds is 4. The maximum Gasteiger partial charge on any atom is 0.328 e. The van der Waals surface area contributed by atoms with E-state index in [0.29, 0.717) is 5.39 Å². The Morgan fingerprint density at radius 2 is 2.20 bits per heavy atom. The number of aromatic nitrogens is 1. The molecular weight excluding hydrogens is 263 g/mol. The van der Waals surface area contributed by atoms with Crippen LogP contribution in [-0.4, -0.2) is 30.0 Å². The zero-order valence-corrected chi connectivity index (χ0v) is 11.2. The second-order valence-electron chi connectivity index (χ2n) is 4.48. The van der Waals surface area contributed by atoms with E-state index in [1.54, 1.807) is 12.3 Å². The summed E-state index contributed by atoms with van der Waals surface area (Å²) in [4.78, 5) is 25.8. The molecule has 0 unspecified atom stereocenters. The predicted molar refractivity (Wildman–Crippen MR) is 71.6 cm³/mol. The van der Waals surface area contributed by atoms with Crippen LogP contribution in [0.25, 0.3) is 10.9 Å². The molecular formula is C14H15FN2O3. The molecule has 1 aromatic carbocycles. The average molecular weight is 278 g/mol. The van der Waals surface area contributed by atoms with Crippen molar-refractivity contribution in [3.05, 3.63) is 35.8 Å². The third-order valence-electron chi connectivity index (χ3n) is 3.02. The first-order chi connectivity index (χ1) is 9.51. The molecule has 0 saturated carbocycles. The van der Waals surface area contributed by atoms with Gasteiger partial charge in [0.1, 0.15) is 11.9 Å². The maximum absolute atomic E-state index is 13.3. The highest BCUT2D eigenvalue weighted by molar-refractivity contribution is 5.86. The first-order valence-electron chi connectivity index (χ1n) is 6.11. The number of benzene rings is 1. The molecule has 0 saturated heterocycles. The molecule has 106 valence electrons. The minimum Gasteiger partial charge on any atom is -0.467 e. The summed E-state index contributed by atoms with van der Waals surface area (Å²) in [6.45, 7) is 1.32. The van der Waals surface area contributed by atoms with Crippen molar-refractivity contribution < 1.29 is 18.7 Å². The fourth-order valence-electron chi connectivity index (χ4n) is 2.12. The SMILES string of the molecule is COC(=O)[C@@H](Cc1c[nH]c2ccc(F)cc12)NC(C)=O. The van der Waals surface area contributed by atoms with Gasteiger partial charge in [-0.15, -0.1) is 0 Å². The van der Waals surface area contributed by atoms with Gasteiger partial charge in [-0.05, 0) is 23.8 Å². The lowest BCUT2D eigenvalue weighted by molar-refractivity contribution is -0.144. The zero-order valence-electron chi connectivity index (χ0n) is 11.2. The molecule has 0 aliphatic carbocycles. The van der Waals surface area contributed by atoms with Gasteiger partial charge in [-0.25, -0.2) is 9.18 Å². The van der Waals surface area contributed by atoms with Gasteiger partial charge in [0.15, 0.2) is 0 Å². The Balaban J connectivity index is 2.30. The predicted octanol–water partition coefficient (Wildman–Crippen LogP) is 1.53. The quantitative estimate of drug-likeness (QED) is 0.833. The smallest absolute Gasteiger partial charge is 0.328 e. The number of halogens is 1. The average Bonchev–Trinajstić information content (AvgIpc) is 2.79. The van der Waals surface area contributed by atoms with Gasteiger partial charge in [-0.1, -0.05) is 0 Å². The monoisotopic (exact) mass is 278 g/mol. The summed E-state index contributed by atoms with van der Waals surface area (Å²) in [5, 5.41) is 3.21. The molecule has 20 heavy (non-hydrogen) atoms. The van der Waals surface area contributed by atoms with Crippen LogP contribution < -0.4 is 5.32 Å². The fraction of sp³-hybridized carbons (Fsp3) is 0.286. The highest BCUT2D eigenvalue weighted by Gasteiger charge is 2.22. The number of carbonyl (C=O) groups excluding carboxylic acids is 2. The van der Waals surface area contributed by atoms with Gasteiger partial charge >= 0.3 is 5.97 Å². The molecule has 0 spiro atoms. The van der Waals surface area contributed by atoms with Crippen molar-refractivity contribution in [3.8, 4) is 0 Å². The van der Waals surface area contributed by atoms with Crippen LogP contribution in [0, 0.1) is 5.82 Å². The summed E-state index contributed by atoms with van der Waals surface area (Å²) in [7, 11) is 1.26. The summed E-state index contributed by atoms with van der Waals surface area (Å²) in [6, 6.07) is 3.58. The van der Waals surface area contributed by atoms with Crippen molar-refractivity contribution in [2.45, 2.75) is 19.4 Å². The number of methoxy groups -OCH3 is 1. The summed E-state index contributed by atoms with van der Waals surface area (Å²) < 4.78 is 18.0. The number of carbonyl (C=O) groups is 2. The lowest BCUT2D eigenvalue weighted by Crippen LogP contribution is -2.41. The number of amides is 1. The van der Waals surface area contributed by atoms with E-state index in [-0.39, 0.29) is 18.1 Å². The van der Waals surface area contributed by atoms with E-state index in [1.807, 2.05) is 0 Å². The van der Waals surface area contributed by atoms with Gasteiger partial charge < -0.3 is 15.0 Å². The largest absolute Gasteiger partial charge is 0.467 e. The van der Waals surface area contributed by atoms with E-state index < -0.39 is 12.0 Å². The molecule has 6 heteroatoms. The van der Waals surface area contributed by atoms with Crippen LogP contribution in [-0.2, 0) is 20.7 Å². The lowest BCUT2D eigenvalue weighted by Gasteiger charge is -2.14. The standard InChI is InChI=1S/C14H15FN2O3/c1-8(18)17-13(14(19)20-2)5-9-7-16-12-4-3-10(15)6-11(9)12/h3-4,6-7,13,16H,5H2,1-2H3,(H,17,18)/t13-/m1/s1. The van der Waals surface area contributed by atoms with Crippen LogP contribution in [0.2, 0.25) is 0 Å². The number of aromatic amines is 1. The third-order valence-corrected chi connectivity index (χ3v) is 3.02. The number of nitrogens with one attached hydrogen (secondary N) is 2. The Hall–Kier alpha value is -2.37. The minimum atomic E-state index is -0.792. The van der Waals surface area contributed by atoms with Crippen LogP contribution in [0.3, 0.4) is 0 Å². The van der Waals surface area contributed by atoms with Crippen molar-refractivity contribution >= 4 is 22.8 Å². The molecule has 2 aromatic rings. The molecule has 0 aliphatic heterocycles. The molecule has 0 fully saturated rings. The van der Waals surface area contributed by atoms with Crippen LogP contribution >= 0.6 is 0 Å². The lowest BCUT2D eigenvalue weighted by atomic mass is 10.0. The van der Waals surface area contributed by atoms with Gasteiger partial charge in [0.05, 0.1) is 7.11 Å². The molecule has 1 heterocycles. The summed E-state index contributed by atoms with van der Waals surface area (Å²) >= 11 is 0.